The number of nitrogens with one attached hydrogen (secondary N) is 4. The average Bonchev–Trinajstić information content (AvgIpc) is 3.23. The highest BCUT2D eigenvalue weighted by Gasteiger charge is 2.22. The largest absolute Gasteiger partial charge is 0.384 e. The number of nitrogen functional groups attached to an aromatic ring is 1. The second-order valence-electron chi connectivity index (χ2n) is 9.86. The monoisotopic (exact) mass is 518 g/mol. The molecule has 0 spiro atoms. The molecule has 4 rings (SSSR count). The number of hydrogen-bond acceptors (Lipinski definition) is 5. The van der Waals surface area contributed by atoms with E-state index >= 15 is 0 Å². The lowest BCUT2D eigenvalue weighted by Gasteiger charge is -2.32. The first-order chi connectivity index (χ1) is 18.3. The Bertz CT molecular complexity index is 1280. The number of fused-ring (bicyclic) bond motifs is 1. The Balaban J connectivity index is 1.30. The fraction of sp³-hybridized carbons (Fsp3) is 0.429. The summed E-state index contributed by atoms with van der Waals surface area (Å²) in [5.74, 6) is 0.852. The maximum Gasteiger partial charge on any atom is 0.315 e. The van der Waals surface area contributed by atoms with Gasteiger partial charge in [-0.15, -0.1) is 0 Å². The number of hydrazine groups is 1. The summed E-state index contributed by atoms with van der Waals surface area (Å²) in [7, 11) is 1.99. The van der Waals surface area contributed by atoms with E-state index in [1.54, 1.807) is 0 Å². The minimum atomic E-state index is -0.159. The highest BCUT2D eigenvalue weighted by molar-refractivity contribution is 5.97. The molecule has 0 atom stereocenters. The molecule has 3 amide bonds. The molecule has 1 saturated heterocycles. The van der Waals surface area contributed by atoms with Gasteiger partial charge in [0.15, 0.2) is 0 Å². The third kappa shape index (κ3) is 6.89. The smallest absolute Gasteiger partial charge is 0.315 e. The lowest BCUT2D eigenvalue weighted by molar-refractivity contribution is 0.0726. The van der Waals surface area contributed by atoms with E-state index < -0.39 is 0 Å². The number of amidine groups is 1. The van der Waals surface area contributed by atoms with Crippen LogP contribution in [0.1, 0.15) is 59.9 Å². The van der Waals surface area contributed by atoms with Crippen molar-refractivity contribution in [3.63, 3.8) is 0 Å². The van der Waals surface area contributed by atoms with Gasteiger partial charge in [-0.1, -0.05) is 37.6 Å². The van der Waals surface area contributed by atoms with Crippen LogP contribution in [0.2, 0.25) is 0 Å². The molecule has 38 heavy (non-hydrogen) atoms. The molecular formula is C28H38N8O2. The normalized spacial score (nSPS) is 14.4. The number of piperidine rings is 1. The molecule has 1 aliphatic rings. The summed E-state index contributed by atoms with van der Waals surface area (Å²) in [4.78, 5) is 29.7. The first-order valence-corrected chi connectivity index (χ1v) is 13.3. The topological polar surface area (TPSA) is 141 Å². The fourth-order valence-corrected chi connectivity index (χ4v) is 4.68. The van der Waals surface area contributed by atoms with Crippen LogP contribution < -0.4 is 21.8 Å². The molecule has 0 aliphatic carbocycles. The number of aryl methyl sites for hydroxylation is 3. The second-order valence-corrected chi connectivity index (χ2v) is 9.86. The Morgan fingerprint density at radius 2 is 1.79 bits per heavy atom. The third-order valence-electron chi connectivity index (χ3n) is 7.04. The van der Waals surface area contributed by atoms with E-state index in [-0.39, 0.29) is 23.8 Å². The molecule has 1 fully saturated rings. The van der Waals surface area contributed by atoms with Crippen molar-refractivity contribution < 1.29 is 9.59 Å². The summed E-state index contributed by atoms with van der Waals surface area (Å²) in [5.41, 5.74) is 12.7. The molecule has 0 radical (unpaired) electrons. The number of unbranched alkanes of at least 4 members (excludes halogenated alkanes) is 1. The molecular weight excluding hydrogens is 480 g/mol. The number of hydrogen-bond donors (Lipinski definition) is 5. The number of carbonyl (C=O) groups excluding carboxylic acids is 2. The van der Waals surface area contributed by atoms with E-state index in [1.165, 1.54) is 0 Å². The van der Waals surface area contributed by atoms with Crippen molar-refractivity contribution in [2.24, 2.45) is 12.8 Å². The number of carbonyl (C=O) groups is 2. The molecule has 2 heterocycles. The van der Waals surface area contributed by atoms with Gasteiger partial charge in [-0.25, -0.2) is 14.8 Å². The summed E-state index contributed by atoms with van der Waals surface area (Å²) in [6.45, 7) is 4.13. The summed E-state index contributed by atoms with van der Waals surface area (Å²) in [5, 5.41) is 15.4. The van der Waals surface area contributed by atoms with Crippen molar-refractivity contribution in [2.75, 3.05) is 19.6 Å². The van der Waals surface area contributed by atoms with E-state index in [2.05, 4.69) is 27.6 Å². The Morgan fingerprint density at radius 1 is 1.08 bits per heavy atom. The van der Waals surface area contributed by atoms with Crippen LogP contribution in [0.4, 0.5) is 4.79 Å². The van der Waals surface area contributed by atoms with E-state index in [0.29, 0.717) is 30.8 Å². The molecule has 3 aromatic rings. The standard InChI is InChI=1S/C28H38N8O2/c1-3-4-15-31-28(38)32-22-13-16-36(17-14-22)34-27(37)21-10-11-24-23(18-21)33-25(35(24)2)12-7-19-5-8-20(9-6-19)26(29)30/h5-6,8-11,18,22H,3-4,7,12-17H2,1-2H3,(H3,29,30)(H,34,37)(H2,31,32,38). The number of imidazole rings is 1. The molecule has 0 bridgehead atoms. The Hall–Kier alpha value is -3.92. The van der Waals surface area contributed by atoms with Crippen LogP contribution in [-0.4, -0.2) is 58.0 Å². The van der Waals surface area contributed by atoms with Gasteiger partial charge in [-0.2, -0.15) is 0 Å². The fourth-order valence-electron chi connectivity index (χ4n) is 4.68. The van der Waals surface area contributed by atoms with Crippen LogP contribution in [0.5, 0.6) is 0 Å². The van der Waals surface area contributed by atoms with Crippen LogP contribution in [0.25, 0.3) is 11.0 Å². The molecule has 10 heteroatoms. The zero-order valence-corrected chi connectivity index (χ0v) is 22.2. The van der Waals surface area contributed by atoms with Crippen molar-refractivity contribution >= 4 is 28.8 Å². The molecule has 10 nitrogen and oxygen atoms in total. The van der Waals surface area contributed by atoms with E-state index in [4.69, 9.17) is 16.1 Å². The SMILES string of the molecule is CCCCNC(=O)NC1CCN(NC(=O)c2ccc3c(c2)nc(CCc2ccc(C(=N)N)cc2)n3C)CC1. The highest BCUT2D eigenvalue weighted by atomic mass is 16.2. The average molecular weight is 519 g/mol. The van der Waals surface area contributed by atoms with Gasteiger partial charge in [0.2, 0.25) is 0 Å². The van der Waals surface area contributed by atoms with Gasteiger partial charge >= 0.3 is 6.03 Å². The van der Waals surface area contributed by atoms with Crippen molar-refractivity contribution in [2.45, 2.75) is 51.5 Å². The molecule has 0 unspecified atom stereocenters. The summed E-state index contributed by atoms with van der Waals surface area (Å²) in [6.07, 6.45) is 5.15. The maximum absolute atomic E-state index is 12.9. The zero-order valence-electron chi connectivity index (χ0n) is 22.2. The minimum Gasteiger partial charge on any atom is -0.384 e. The minimum absolute atomic E-state index is 0.0652. The third-order valence-corrected chi connectivity index (χ3v) is 7.04. The quantitative estimate of drug-likeness (QED) is 0.159. The summed E-state index contributed by atoms with van der Waals surface area (Å²) in [6, 6.07) is 13.3. The van der Waals surface area contributed by atoms with Crippen LogP contribution >= 0.6 is 0 Å². The van der Waals surface area contributed by atoms with Crippen LogP contribution in [0.3, 0.4) is 0 Å². The summed E-state index contributed by atoms with van der Waals surface area (Å²) < 4.78 is 2.07. The van der Waals surface area contributed by atoms with Crippen LogP contribution in [-0.2, 0) is 19.9 Å². The molecule has 6 N–H and O–H groups in total. The van der Waals surface area contributed by atoms with Crippen LogP contribution in [0.15, 0.2) is 42.5 Å². The van der Waals surface area contributed by atoms with Gasteiger partial charge < -0.3 is 20.9 Å². The summed E-state index contributed by atoms with van der Waals surface area (Å²) >= 11 is 0. The Labute approximate surface area is 223 Å². The van der Waals surface area contributed by atoms with Crippen molar-refractivity contribution in [1.82, 2.24) is 30.6 Å². The van der Waals surface area contributed by atoms with Crippen LogP contribution in [0, 0.1) is 5.41 Å². The van der Waals surface area contributed by atoms with Gasteiger partial charge in [0.05, 0.1) is 11.0 Å². The predicted molar refractivity (Wildman–Crippen MR) is 149 cm³/mol. The number of nitrogens with zero attached hydrogens (tertiary/aromatic N) is 3. The Morgan fingerprint density at radius 3 is 2.47 bits per heavy atom. The van der Waals surface area contributed by atoms with Gasteiger partial charge in [0.1, 0.15) is 11.7 Å². The molecule has 0 saturated carbocycles. The van der Waals surface area contributed by atoms with Crippen molar-refractivity contribution in [1.29, 1.82) is 5.41 Å². The number of nitrogens with two attached hydrogens (primary N) is 1. The highest BCUT2D eigenvalue weighted by Crippen LogP contribution is 2.19. The predicted octanol–water partition coefficient (Wildman–Crippen LogP) is 2.85. The lowest BCUT2D eigenvalue weighted by atomic mass is 10.1. The van der Waals surface area contributed by atoms with Crippen molar-refractivity contribution in [3.8, 4) is 0 Å². The molecule has 202 valence electrons. The molecule has 1 aliphatic heterocycles. The van der Waals surface area contributed by atoms with E-state index in [9.17, 15) is 9.59 Å². The van der Waals surface area contributed by atoms with Gasteiger partial charge in [0, 0.05) is 50.3 Å². The maximum atomic E-state index is 12.9. The first kappa shape index (κ1) is 27.1. The number of amides is 3. The molecule has 1 aromatic heterocycles. The first-order valence-electron chi connectivity index (χ1n) is 13.3. The van der Waals surface area contributed by atoms with Gasteiger partial charge in [-0.3, -0.25) is 15.6 Å². The second kappa shape index (κ2) is 12.6. The number of benzene rings is 2. The van der Waals surface area contributed by atoms with Gasteiger partial charge in [0.25, 0.3) is 5.91 Å². The van der Waals surface area contributed by atoms with E-state index in [1.807, 2.05) is 54.5 Å². The number of rotatable bonds is 10. The lowest BCUT2D eigenvalue weighted by Crippen LogP contribution is -2.52. The Kier molecular flexibility index (Phi) is 8.96. The number of urea groups is 1. The van der Waals surface area contributed by atoms with E-state index in [0.717, 1.165) is 60.9 Å². The molecule has 2 aromatic carbocycles. The van der Waals surface area contributed by atoms with Gasteiger partial charge in [-0.05, 0) is 49.4 Å². The van der Waals surface area contributed by atoms with Crippen molar-refractivity contribution in [3.05, 3.63) is 65.0 Å². The number of aromatic nitrogens is 2. The zero-order chi connectivity index (χ0) is 27.1.